The number of likely N-dealkylation sites (tertiary alicyclic amines) is 1. The van der Waals surface area contributed by atoms with Crippen LogP contribution < -0.4 is 10.2 Å². The zero-order chi connectivity index (χ0) is 25.4. The number of aryl methyl sites for hydroxylation is 1. The molecule has 1 aromatic carbocycles. The Balaban J connectivity index is 1.30. The summed E-state index contributed by atoms with van der Waals surface area (Å²) in [5.41, 5.74) is 2.45. The number of aromatic nitrogens is 4. The number of rotatable bonds is 8. The number of β-amino-alcohol motifs (C(OH)–C–C–N with tert-alkyl or cyclic N) is 1. The molecule has 2 fully saturated rings. The Kier molecular flexibility index (Phi) is 7.55. The molecule has 36 heavy (non-hydrogen) atoms. The van der Waals surface area contributed by atoms with Gasteiger partial charge in [0.1, 0.15) is 5.52 Å². The van der Waals surface area contributed by atoms with Gasteiger partial charge in [-0.1, -0.05) is 29.3 Å². The molecule has 3 aromatic rings. The monoisotopic (exact) mass is 533 g/mol. The molecule has 0 amide bonds. The highest BCUT2D eigenvalue weighted by atomic mass is 35.5. The lowest BCUT2D eigenvalue weighted by molar-refractivity contribution is 0.0347. The predicted molar refractivity (Wildman–Crippen MR) is 143 cm³/mol. The van der Waals surface area contributed by atoms with E-state index in [1.54, 1.807) is 10.7 Å². The lowest BCUT2D eigenvalue weighted by atomic mass is 9.80. The first-order valence-electron chi connectivity index (χ1n) is 12.5. The van der Waals surface area contributed by atoms with Gasteiger partial charge in [0.2, 0.25) is 5.95 Å². The van der Waals surface area contributed by atoms with Crippen LogP contribution in [0.2, 0.25) is 10.0 Å². The lowest BCUT2D eigenvalue weighted by Crippen LogP contribution is -2.54. The average Bonchev–Trinajstić information content (AvgIpc) is 3.18. The second-order valence-corrected chi connectivity index (χ2v) is 10.9. The predicted octanol–water partition coefficient (Wildman–Crippen LogP) is 3.34. The number of hydrogen-bond acceptors (Lipinski definition) is 8. The van der Waals surface area contributed by atoms with Crippen LogP contribution in [0.15, 0.2) is 24.4 Å². The van der Waals surface area contributed by atoms with Crippen molar-refractivity contribution in [3.8, 4) is 0 Å². The van der Waals surface area contributed by atoms with Gasteiger partial charge in [0.25, 0.3) is 0 Å². The van der Waals surface area contributed by atoms with Gasteiger partial charge in [-0.05, 0) is 55.8 Å². The second-order valence-electron chi connectivity index (χ2n) is 10.1. The summed E-state index contributed by atoms with van der Waals surface area (Å²) in [5.74, 6) is 2.52. The van der Waals surface area contributed by atoms with Gasteiger partial charge < -0.3 is 25.3 Å². The van der Waals surface area contributed by atoms with E-state index in [1.807, 2.05) is 32.3 Å². The minimum absolute atomic E-state index is 0.102. The Morgan fingerprint density at radius 1 is 1.17 bits per heavy atom. The number of nitrogens with zero attached hydrogens (tertiary/aromatic N) is 6. The van der Waals surface area contributed by atoms with E-state index in [-0.39, 0.29) is 12.6 Å². The molecule has 3 atom stereocenters. The number of hydrogen-bond donors (Lipinski definition) is 3. The number of benzene rings is 1. The summed E-state index contributed by atoms with van der Waals surface area (Å²) in [7, 11) is 1.88. The number of nitrogens with one attached hydrogen (secondary N) is 1. The number of fused-ring (bicyclic) bond motifs is 1. The molecule has 2 aliphatic rings. The Labute approximate surface area is 221 Å². The minimum atomic E-state index is -0.669. The molecule has 0 aliphatic carbocycles. The van der Waals surface area contributed by atoms with Gasteiger partial charge >= 0.3 is 0 Å². The smallest absolute Gasteiger partial charge is 0.228 e. The minimum Gasteiger partial charge on any atom is -0.394 e. The molecule has 2 saturated heterocycles. The van der Waals surface area contributed by atoms with Crippen molar-refractivity contribution in [2.45, 2.75) is 31.9 Å². The van der Waals surface area contributed by atoms with Crippen molar-refractivity contribution in [2.24, 2.45) is 18.9 Å². The number of aliphatic hydroxyl groups excluding tert-OH is 2. The fourth-order valence-corrected chi connectivity index (χ4v) is 5.93. The van der Waals surface area contributed by atoms with E-state index in [0.717, 1.165) is 49.2 Å². The van der Waals surface area contributed by atoms with Crippen LogP contribution in [-0.2, 0) is 7.05 Å². The van der Waals surface area contributed by atoms with Gasteiger partial charge in [-0.25, -0.2) is 4.98 Å². The molecule has 3 N–H and O–H groups in total. The zero-order valence-corrected chi connectivity index (χ0v) is 22.1. The molecule has 0 saturated carbocycles. The summed E-state index contributed by atoms with van der Waals surface area (Å²) in [6, 6.07) is 5.40. The van der Waals surface area contributed by atoms with Gasteiger partial charge in [-0.2, -0.15) is 10.1 Å². The van der Waals surface area contributed by atoms with Crippen molar-refractivity contribution >= 4 is 46.0 Å². The standard InChI is InChI=1S/C25H33Cl2N7O2/c1-15(20-6-5-18(26)8-21(20)27)28-24-23-22(13-32(2)31-23)29-25(30-24)34-10-17(11-34)16-4-3-7-33(9-16)12-19(36)14-35/h5-6,8,13,15-17,19,35-36H,3-4,7,9-12,14H2,1-2H3,(H,28,29,30)/t15-,16+,19+/m1/s1. The van der Waals surface area contributed by atoms with Crippen LogP contribution in [0.1, 0.15) is 31.4 Å². The molecule has 5 rings (SSSR count). The van der Waals surface area contributed by atoms with Crippen LogP contribution in [0.4, 0.5) is 11.8 Å². The fraction of sp³-hybridized carbons (Fsp3) is 0.560. The third-order valence-electron chi connectivity index (χ3n) is 7.33. The Bertz CT molecular complexity index is 1220. The van der Waals surface area contributed by atoms with Crippen molar-refractivity contribution in [1.82, 2.24) is 24.6 Å². The first-order valence-corrected chi connectivity index (χ1v) is 13.3. The molecule has 0 unspecified atom stereocenters. The Morgan fingerprint density at radius 3 is 2.72 bits per heavy atom. The van der Waals surface area contributed by atoms with E-state index in [2.05, 4.69) is 20.2 Å². The second kappa shape index (κ2) is 10.7. The van der Waals surface area contributed by atoms with Crippen LogP contribution >= 0.6 is 23.2 Å². The van der Waals surface area contributed by atoms with Gasteiger partial charge in [0.05, 0.1) is 24.9 Å². The van der Waals surface area contributed by atoms with Gasteiger partial charge in [-0.15, -0.1) is 0 Å². The topological polar surface area (TPSA) is 103 Å². The van der Waals surface area contributed by atoms with Crippen LogP contribution in [-0.4, -0.2) is 80.3 Å². The molecule has 2 aromatic heterocycles. The third kappa shape index (κ3) is 5.40. The highest BCUT2D eigenvalue weighted by molar-refractivity contribution is 6.35. The van der Waals surface area contributed by atoms with E-state index >= 15 is 0 Å². The van der Waals surface area contributed by atoms with Crippen LogP contribution in [0, 0.1) is 11.8 Å². The average molecular weight is 534 g/mol. The molecule has 2 aliphatic heterocycles. The number of anilines is 2. The van der Waals surface area contributed by atoms with Crippen LogP contribution in [0.25, 0.3) is 11.0 Å². The van der Waals surface area contributed by atoms with Crippen molar-refractivity contribution in [1.29, 1.82) is 0 Å². The third-order valence-corrected chi connectivity index (χ3v) is 7.89. The maximum absolute atomic E-state index is 9.83. The van der Waals surface area contributed by atoms with E-state index in [4.69, 9.17) is 33.2 Å². The summed E-state index contributed by atoms with van der Waals surface area (Å²) in [6.45, 7) is 6.14. The molecule has 0 bridgehead atoms. The highest BCUT2D eigenvalue weighted by Crippen LogP contribution is 2.35. The van der Waals surface area contributed by atoms with E-state index < -0.39 is 6.10 Å². The first-order chi connectivity index (χ1) is 17.3. The van der Waals surface area contributed by atoms with Crippen molar-refractivity contribution in [3.05, 3.63) is 40.0 Å². The van der Waals surface area contributed by atoms with E-state index in [9.17, 15) is 10.2 Å². The maximum Gasteiger partial charge on any atom is 0.228 e. The van der Waals surface area contributed by atoms with Gasteiger partial charge in [-0.3, -0.25) is 4.68 Å². The summed E-state index contributed by atoms with van der Waals surface area (Å²) in [4.78, 5) is 14.2. The van der Waals surface area contributed by atoms with Gasteiger partial charge in [0.15, 0.2) is 11.3 Å². The Morgan fingerprint density at radius 2 is 1.97 bits per heavy atom. The summed E-state index contributed by atoms with van der Waals surface area (Å²) >= 11 is 12.5. The van der Waals surface area contributed by atoms with Gasteiger partial charge in [0, 0.05) is 43.3 Å². The van der Waals surface area contributed by atoms with Crippen molar-refractivity contribution in [2.75, 3.05) is 49.5 Å². The van der Waals surface area contributed by atoms with Crippen molar-refractivity contribution < 1.29 is 10.2 Å². The molecule has 0 spiro atoms. The highest BCUT2D eigenvalue weighted by Gasteiger charge is 2.37. The van der Waals surface area contributed by atoms with Crippen molar-refractivity contribution in [3.63, 3.8) is 0 Å². The molecular weight excluding hydrogens is 501 g/mol. The SMILES string of the molecule is C[C@@H](Nc1nc(N2CC([C@H]3CCCN(C[C@H](O)CO)C3)C2)nc2cn(C)nc12)c1ccc(Cl)cc1Cl. The van der Waals surface area contributed by atoms with E-state index in [0.29, 0.717) is 40.2 Å². The zero-order valence-electron chi connectivity index (χ0n) is 20.6. The summed E-state index contributed by atoms with van der Waals surface area (Å²) in [6.07, 6.45) is 3.56. The number of piperidine rings is 1. The molecule has 194 valence electrons. The fourth-order valence-electron chi connectivity index (χ4n) is 5.36. The Hall–Kier alpha value is -2.17. The number of aliphatic hydroxyl groups is 2. The number of halogens is 2. The normalized spacial score (nSPS) is 20.9. The summed E-state index contributed by atoms with van der Waals surface area (Å²) < 4.78 is 1.75. The lowest BCUT2D eigenvalue weighted by Gasteiger charge is -2.46. The molecule has 4 heterocycles. The quantitative estimate of drug-likeness (QED) is 0.405. The molecule has 0 radical (unpaired) electrons. The van der Waals surface area contributed by atoms with E-state index in [1.165, 1.54) is 6.42 Å². The van der Waals surface area contributed by atoms with Crippen LogP contribution in [0.5, 0.6) is 0 Å². The molecule has 11 heteroatoms. The maximum atomic E-state index is 9.83. The molecular formula is C25H33Cl2N7O2. The summed E-state index contributed by atoms with van der Waals surface area (Å²) in [5, 5.41) is 28.3. The first kappa shape index (κ1) is 25.5. The molecule has 9 nitrogen and oxygen atoms in total. The largest absolute Gasteiger partial charge is 0.394 e. The van der Waals surface area contributed by atoms with Crippen LogP contribution in [0.3, 0.4) is 0 Å².